The van der Waals surface area contributed by atoms with E-state index >= 15 is 0 Å². The van der Waals surface area contributed by atoms with Crippen molar-refractivity contribution in [1.29, 1.82) is 0 Å². The van der Waals surface area contributed by atoms with Crippen molar-refractivity contribution in [3.8, 4) is 0 Å². The number of fused-ring (bicyclic) bond motifs is 1. The Morgan fingerprint density at radius 1 is 1.29 bits per heavy atom. The van der Waals surface area contributed by atoms with Gasteiger partial charge in [-0.1, -0.05) is 0 Å². The van der Waals surface area contributed by atoms with Crippen molar-refractivity contribution in [2.24, 2.45) is 0 Å². The van der Waals surface area contributed by atoms with Crippen molar-refractivity contribution in [2.45, 2.75) is 31.3 Å². The Labute approximate surface area is 88.0 Å². The first kappa shape index (κ1) is 8.89. The molecule has 1 aliphatic heterocycles. The van der Waals surface area contributed by atoms with Gasteiger partial charge in [0.25, 0.3) is 0 Å². The van der Waals surface area contributed by atoms with Crippen LogP contribution < -0.4 is 5.32 Å². The molecular formula is C11H15NOS. The molecule has 1 aromatic rings. The highest BCUT2D eigenvalue weighted by molar-refractivity contribution is 7.12. The van der Waals surface area contributed by atoms with Crippen molar-refractivity contribution in [3.05, 3.63) is 21.4 Å². The molecule has 0 amide bonds. The summed E-state index contributed by atoms with van der Waals surface area (Å²) in [5.41, 5.74) is 0.957. The van der Waals surface area contributed by atoms with Crippen molar-refractivity contribution >= 4 is 11.3 Å². The number of nitrogens with one attached hydrogen (secondary N) is 1. The second-order valence-electron chi connectivity index (χ2n) is 4.40. The summed E-state index contributed by atoms with van der Waals surface area (Å²) in [6, 6.07) is 2.24. The highest BCUT2D eigenvalue weighted by atomic mass is 32.1. The molecule has 14 heavy (non-hydrogen) atoms. The molecule has 1 aromatic heterocycles. The standard InChI is InChI=1S/C11H15NOS/c13-11(6-12-7-11)10-5-8-3-1-2-4-9(8)14-10/h5,12-13H,1-4,6-7H2. The fourth-order valence-corrected chi connectivity index (χ4v) is 3.60. The summed E-state index contributed by atoms with van der Waals surface area (Å²) in [6.07, 6.45) is 5.09. The SMILES string of the molecule is OC1(c2cc3c(s2)CCCC3)CNC1. The molecule has 0 aromatic carbocycles. The average Bonchev–Trinajstić information content (AvgIpc) is 2.57. The normalized spacial score (nSPS) is 24.1. The summed E-state index contributed by atoms with van der Waals surface area (Å²) in [5.74, 6) is 0. The second kappa shape index (κ2) is 3.05. The summed E-state index contributed by atoms with van der Waals surface area (Å²) < 4.78 is 0. The lowest BCUT2D eigenvalue weighted by atomic mass is 9.93. The largest absolute Gasteiger partial charge is 0.382 e. The van der Waals surface area contributed by atoms with E-state index in [0.717, 1.165) is 13.1 Å². The van der Waals surface area contributed by atoms with Gasteiger partial charge in [-0.3, -0.25) is 0 Å². The van der Waals surface area contributed by atoms with Crippen LogP contribution in [0.25, 0.3) is 0 Å². The predicted octanol–water partition coefficient (Wildman–Crippen LogP) is 1.42. The molecule has 0 spiro atoms. The molecule has 1 aliphatic carbocycles. The summed E-state index contributed by atoms with van der Waals surface area (Å²) in [4.78, 5) is 2.70. The van der Waals surface area contributed by atoms with Gasteiger partial charge in [0.1, 0.15) is 5.60 Å². The van der Waals surface area contributed by atoms with Crippen LogP contribution >= 0.6 is 11.3 Å². The van der Waals surface area contributed by atoms with Crippen LogP contribution in [-0.4, -0.2) is 18.2 Å². The van der Waals surface area contributed by atoms with Gasteiger partial charge in [0.05, 0.1) is 0 Å². The van der Waals surface area contributed by atoms with Crippen LogP contribution in [0.15, 0.2) is 6.07 Å². The number of hydrogen-bond acceptors (Lipinski definition) is 3. The quantitative estimate of drug-likeness (QED) is 0.733. The molecule has 2 aliphatic rings. The second-order valence-corrected chi connectivity index (χ2v) is 5.54. The Morgan fingerprint density at radius 2 is 2.07 bits per heavy atom. The molecule has 1 fully saturated rings. The number of β-amino-alcohol motifs (C(OH)–C–C–N with tert-alkyl or cyclic N) is 1. The van der Waals surface area contributed by atoms with E-state index < -0.39 is 5.60 Å². The first-order valence-electron chi connectivity index (χ1n) is 5.33. The van der Waals surface area contributed by atoms with E-state index in [0.29, 0.717) is 0 Å². The number of aliphatic hydroxyl groups is 1. The zero-order valence-corrected chi connectivity index (χ0v) is 8.99. The van der Waals surface area contributed by atoms with Gasteiger partial charge in [0.2, 0.25) is 0 Å². The van der Waals surface area contributed by atoms with Crippen LogP contribution in [0.3, 0.4) is 0 Å². The monoisotopic (exact) mass is 209 g/mol. The molecule has 0 atom stereocenters. The lowest BCUT2D eigenvalue weighted by Crippen LogP contribution is -2.56. The Bertz CT molecular complexity index is 331. The minimum atomic E-state index is -0.540. The first-order chi connectivity index (χ1) is 6.78. The minimum Gasteiger partial charge on any atom is -0.382 e. The molecule has 2 N–H and O–H groups in total. The maximum Gasteiger partial charge on any atom is 0.123 e. The zero-order valence-electron chi connectivity index (χ0n) is 8.18. The number of aryl methyl sites for hydroxylation is 2. The van der Waals surface area contributed by atoms with Crippen molar-refractivity contribution in [2.75, 3.05) is 13.1 Å². The van der Waals surface area contributed by atoms with E-state index in [1.807, 2.05) is 11.3 Å². The van der Waals surface area contributed by atoms with E-state index in [-0.39, 0.29) is 0 Å². The zero-order chi connectivity index (χ0) is 9.60. The topological polar surface area (TPSA) is 32.3 Å². The van der Waals surface area contributed by atoms with Gasteiger partial charge in [0.15, 0.2) is 0 Å². The minimum absolute atomic E-state index is 0.540. The molecule has 1 saturated heterocycles. The molecule has 2 nitrogen and oxygen atoms in total. The Hall–Kier alpha value is -0.380. The highest BCUT2D eigenvalue weighted by Gasteiger charge is 2.38. The van der Waals surface area contributed by atoms with Gasteiger partial charge >= 0.3 is 0 Å². The van der Waals surface area contributed by atoms with E-state index in [1.54, 1.807) is 0 Å². The molecule has 2 heterocycles. The lowest BCUT2D eigenvalue weighted by Gasteiger charge is -2.36. The van der Waals surface area contributed by atoms with Crippen molar-refractivity contribution < 1.29 is 5.11 Å². The van der Waals surface area contributed by atoms with Crippen LogP contribution in [-0.2, 0) is 18.4 Å². The average molecular weight is 209 g/mol. The lowest BCUT2D eigenvalue weighted by molar-refractivity contribution is -0.0112. The summed E-state index contributed by atoms with van der Waals surface area (Å²) in [5, 5.41) is 13.3. The fraction of sp³-hybridized carbons (Fsp3) is 0.636. The van der Waals surface area contributed by atoms with Gasteiger partial charge in [-0.2, -0.15) is 0 Å². The van der Waals surface area contributed by atoms with Crippen LogP contribution in [0.5, 0.6) is 0 Å². The van der Waals surface area contributed by atoms with E-state index in [9.17, 15) is 5.11 Å². The number of rotatable bonds is 1. The molecule has 0 unspecified atom stereocenters. The number of hydrogen-bond donors (Lipinski definition) is 2. The molecule has 0 bridgehead atoms. The molecule has 0 radical (unpaired) electrons. The molecular weight excluding hydrogens is 194 g/mol. The van der Waals surface area contributed by atoms with E-state index in [1.165, 1.54) is 41.0 Å². The van der Waals surface area contributed by atoms with Gasteiger partial charge in [-0.15, -0.1) is 11.3 Å². The fourth-order valence-electron chi connectivity index (χ4n) is 2.26. The number of thiophene rings is 1. The molecule has 0 saturated carbocycles. The van der Waals surface area contributed by atoms with Crippen molar-refractivity contribution in [1.82, 2.24) is 5.32 Å². The van der Waals surface area contributed by atoms with E-state index in [4.69, 9.17) is 0 Å². The highest BCUT2D eigenvalue weighted by Crippen LogP contribution is 2.37. The van der Waals surface area contributed by atoms with Crippen LogP contribution in [0, 0.1) is 0 Å². The third-order valence-corrected chi connectivity index (χ3v) is 4.72. The van der Waals surface area contributed by atoms with Gasteiger partial charge in [-0.25, -0.2) is 0 Å². The van der Waals surface area contributed by atoms with Crippen molar-refractivity contribution in [3.63, 3.8) is 0 Å². The summed E-state index contributed by atoms with van der Waals surface area (Å²) in [7, 11) is 0. The van der Waals surface area contributed by atoms with Crippen LogP contribution in [0.1, 0.15) is 28.2 Å². The Kier molecular flexibility index (Phi) is 1.94. The van der Waals surface area contributed by atoms with Gasteiger partial charge in [0, 0.05) is 22.8 Å². The third-order valence-electron chi connectivity index (χ3n) is 3.29. The maximum absolute atomic E-state index is 10.2. The van der Waals surface area contributed by atoms with E-state index in [2.05, 4.69) is 11.4 Å². The molecule has 3 heteroatoms. The third kappa shape index (κ3) is 1.23. The first-order valence-corrected chi connectivity index (χ1v) is 6.15. The van der Waals surface area contributed by atoms with Crippen LogP contribution in [0.2, 0.25) is 0 Å². The maximum atomic E-state index is 10.2. The molecule has 76 valence electrons. The van der Waals surface area contributed by atoms with Crippen LogP contribution in [0.4, 0.5) is 0 Å². The van der Waals surface area contributed by atoms with Gasteiger partial charge in [-0.05, 0) is 37.3 Å². The summed E-state index contributed by atoms with van der Waals surface area (Å²) >= 11 is 1.83. The summed E-state index contributed by atoms with van der Waals surface area (Å²) in [6.45, 7) is 1.46. The molecule has 3 rings (SSSR count). The van der Waals surface area contributed by atoms with Gasteiger partial charge < -0.3 is 10.4 Å². The predicted molar refractivity (Wildman–Crippen MR) is 57.7 cm³/mol. The smallest absolute Gasteiger partial charge is 0.123 e. The Balaban J connectivity index is 1.95. The Morgan fingerprint density at radius 3 is 2.71 bits per heavy atom.